The van der Waals surface area contributed by atoms with Gasteiger partial charge < -0.3 is 15.3 Å². The van der Waals surface area contributed by atoms with Crippen molar-refractivity contribution in [3.8, 4) is 0 Å². The van der Waals surface area contributed by atoms with Crippen molar-refractivity contribution in [2.45, 2.75) is 38.7 Å². The summed E-state index contributed by atoms with van der Waals surface area (Å²) in [6.07, 6.45) is 3.46. The molecule has 2 fully saturated rings. The first-order chi connectivity index (χ1) is 8.16. The Kier molecular flexibility index (Phi) is 4.40. The molecule has 0 unspecified atom stereocenters. The third-order valence-corrected chi connectivity index (χ3v) is 4.13. The number of aliphatic hydroxyl groups excluding tert-OH is 1. The normalized spacial score (nSPS) is 31.5. The smallest absolute Gasteiger partial charge is 0.222 e. The van der Waals surface area contributed by atoms with E-state index in [9.17, 15) is 9.90 Å². The Bertz CT molecular complexity index is 264. The van der Waals surface area contributed by atoms with E-state index in [0.717, 1.165) is 45.4 Å². The van der Waals surface area contributed by atoms with Crippen LogP contribution in [0.15, 0.2) is 0 Å². The van der Waals surface area contributed by atoms with Gasteiger partial charge in [-0.15, -0.1) is 0 Å². The number of carbonyl (C=O) groups excluding carboxylic acids is 1. The molecule has 0 aromatic rings. The summed E-state index contributed by atoms with van der Waals surface area (Å²) in [5.74, 6) is 1.07. The van der Waals surface area contributed by atoms with Crippen LogP contribution in [0, 0.1) is 11.8 Å². The summed E-state index contributed by atoms with van der Waals surface area (Å²) in [5, 5.41) is 13.0. The highest BCUT2D eigenvalue weighted by Crippen LogP contribution is 2.21. The Morgan fingerprint density at radius 1 is 1.35 bits per heavy atom. The van der Waals surface area contributed by atoms with Crippen LogP contribution in [0.2, 0.25) is 0 Å². The maximum Gasteiger partial charge on any atom is 0.222 e. The van der Waals surface area contributed by atoms with Gasteiger partial charge in [-0.2, -0.15) is 0 Å². The molecule has 2 heterocycles. The fourth-order valence-corrected chi connectivity index (χ4v) is 2.82. The van der Waals surface area contributed by atoms with Gasteiger partial charge in [0, 0.05) is 19.5 Å². The van der Waals surface area contributed by atoms with Crippen LogP contribution in [0.1, 0.15) is 32.6 Å². The van der Waals surface area contributed by atoms with Crippen molar-refractivity contribution in [3.05, 3.63) is 0 Å². The highest BCUT2D eigenvalue weighted by Gasteiger charge is 2.28. The molecule has 2 aliphatic heterocycles. The molecule has 17 heavy (non-hydrogen) atoms. The van der Waals surface area contributed by atoms with Crippen molar-refractivity contribution < 1.29 is 9.90 Å². The van der Waals surface area contributed by atoms with Crippen molar-refractivity contribution in [2.24, 2.45) is 11.8 Å². The molecule has 4 heteroatoms. The Morgan fingerprint density at radius 3 is 2.71 bits per heavy atom. The quantitative estimate of drug-likeness (QED) is 0.743. The van der Waals surface area contributed by atoms with E-state index in [-0.39, 0.29) is 17.9 Å². The van der Waals surface area contributed by atoms with Crippen molar-refractivity contribution in [1.82, 2.24) is 10.2 Å². The van der Waals surface area contributed by atoms with Gasteiger partial charge in [0.1, 0.15) is 0 Å². The Balaban J connectivity index is 1.79. The lowest BCUT2D eigenvalue weighted by Gasteiger charge is -2.35. The van der Waals surface area contributed by atoms with Gasteiger partial charge in [-0.1, -0.05) is 6.92 Å². The predicted octanol–water partition coefficient (Wildman–Crippen LogP) is 0.605. The zero-order valence-electron chi connectivity index (χ0n) is 10.7. The van der Waals surface area contributed by atoms with E-state index in [0.29, 0.717) is 12.3 Å². The van der Waals surface area contributed by atoms with Crippen LogP contribution in [-0.2, 0) is 4.79 Å². The van der Waals surface area contributed by atoms with E-state index >= 15 is 0 Å². The van der Waals surface area contributed by atoms with Crippen molar-refractivity contribution in [2.75, 3.05) is 26.2 Å². The molecule has 0 aliphatic carbocycles. The third-order valence-electron chi connectivity index (χ3n) is 4.13. The van der Waals surface area contributed by atoms with E-state index in [1.54, 1.807) is 0 Å². The molecule has 0 aromatic carbocycles. The largest absolute Gasteiger partial charge is 0.393 e. The minimum absolute atomic E-state index is 0.223. The lowest BCUT2D eigenvalue weighted by atomic mass is 9.92. The number of piperidine rings is 2. The molecule has 2 aliphatic rings. The highest BCUT2D eigenvalue weighted by atomic mass is 16.3. The number of likely N-dealkylation sites (tertiary alicyclic amines) is 1. The van der Waals surface area contributed by atoms with Crippen LogP contribution >= 0.6 is 0 Å². The van der Waals surface area contributed by atoms with E-state index < -0.39 is 0 Å². The van der Waals surface area contributed by atoms with Crippen LogP contribution in [0.5, 0.6) is 0 Å². The van der Waals surface area contributed by atoms with Crippen LogP contribution < -0.4 is 5.32 Å². The van der Waals surface area contributed by atoms with Gasteiger partial charge in [0.05, 0.1) is 6.10 Å². The topological polar surface area (TPSA) is 52.6 Å². The first-order valence-corrected chi connectivity index (χ1v) is 6.83. The molecule has 1 amide bonds. The SMILES string of the molecule is C[C@H]1CN(C(=O)CC2CCNCC2)CC[C@H]1O. The average molecular weight is 240 g/mol. The fraction of sp³-hybridized carbons (Fsp3) is 0.923. The number of hydrogen-bond donors (Lipinski definition) is 2. The second-order valence-corrected chi connectivity index (χ2v) is 5.57. The summed E-state index contributed by atoms with van der Waals surface area (Å²) in [6.45, 7) is 5.58. The molecule has 0 radical (unpaired) electrons. The van der Waals surface area contributed by atoms with Gasteiger partial charge in [-0.05, 0) is 44.2 Å². The molecule has 2 saturated heterocycles. The summed E-state index contributed by atoms with van der Waals surface area (Å²) >= 11 is 0. The summed E-state index contributed by atoms with van der Waals surface area (Å²) in [6, 6.07) is 0. The average Bonchev–Trinajstić information content (AvgIpc) is 2.34. The number of hydrogen-bond acceptors (Lipinski definition) is 3. The summed E-state index contributed by atoms with van der Waals surface area (Å²) in [4.78, 5) is 14.1. The molecule has 4 nitrogen and oxygen atoms in total. The second-order valence-electron chi connectivity index (χ2n) is 5.57. The number of nitrogens with one attached hydrogen (secondary N) is 1. The Hall–Kier alpha value is -0.610. The lowest BCUT2D eigenvalue weighted by Crippen LogP contribution is -2.45. The van der Waals surface area contributed by atoms with E-state index in [4.69, 9.17) is 0 Å². The van der Waals surface area contributed by atoms with Gasteiger partial charge in [0.15, 0.2) is 0 Å². The minimum Gasteiger partial charge on any atom is -0.393 e. The lowest BCUT2D eigenvalue weighted by molar-refractivity contribution is -0.135. The molecule has 2 rings (SSSR count). The maximum atomic E-state index is 12.1. The summed E-state index contributed by atoms with van der Waals surface area (Å²) in [7, 11) is 0. The third kappa shape index (κ3) is 3.42. The van der Waals surface area contributed by atoms with Crippen LogP contribution in [0.3, 0.4) is 0 Å². The molecular weight excluding hydrogens is 216 g/mol. The molecule has 0 spiro atoms. The van der Waals surface area contributed by atoms with Gasteiger partial charge in [-0.25, -0.2) is 0 Å². The molecule has 0 aromatic heterocycles. The maximum absolute atomic E-state index is 12.1. The van der Waals surface area contributed by atoms with Gasteiger partial charge in [0.2, 0.25) is 5.91 Å². The number of aliphatic hydroxyl groups is 1. The Morgan fingerprint density at radius 2 is 2.06 bits per heavy atom. The standard InChI is InChI=1S/C13H24N2O2/c1-10-9-15(7-4-12(10)16)13(17)8-11-2-5-14-6-3-11/h10-12,14,16H,2-9H2,1H3/t10-,12+/m0/s1. The van der Waals surface area contributed by atoms with E-state index in [1.165, 1.54) is 0 Å². The number of amides is 1. The first-order valence-electron chi connectivity index (χ1n) is 6.83. The molecular formula is C13H24N2O2. The van der Waals surface area contributed by atoms with Crippen LogP contribution in [-0.4, -0.2) is 48.2 Å². The number of nitrogens with zero attached hydrogens (tertiary/aromatic N) is 1. The van der Waals surface area contributed by atoms with Gasteiger partial charge in [0.25, 0.3) is 0 Å². The Labute approximate surface area is 103 Å². The molecule has 0 saturated carbocycles. The van der Waals surface area contributed by atoms with Gasteiger partial charge in [-0.3, -0.25) is 4.79 Å². The monoisotopic (exact) mass is 240 g/mol. The van der Waals surface area contributed by atoms with E-state index in [1.807, 2.05) is 11.8 Å². The van der Waals surface area contributed by atoms with Crippen LogP contribution in [0.4, 0.5) is 0 Å². The molecule has 2 atom stereocenters. The first kappa shape index (κ1) is 12.8. The number of carbonyl (C=O) groups is 1. The van der Waals surface area contributed by atoms with Crippen molar-refractivity contribution in [3.63, 3.8) is 0 Å². The van der Waals surface area contributed by atoms with Crippen molar-refractivity contribution >= 4 is 5.91 Å². The fourth-order valence-electron chi connectivity index (χ4n) is 2.82. The minimum atomic E-state index is -0.224. The zero-order chi connectivity index (χ0) is 12.3. The zero-order valence-corrected chi connectivity index (χ0v) is 10.7. The second kappa shape index (κ2) is 5.83. The number of rotatable bonds is 2. The van der Waals surface area contributed by atoms with Gasteiger partial charge >= 0.3 is 0 Å². The van der Waals surface area contributed by atoms with Crippen LogP contribution in [0.25, 0.3) is 0 Å². The molecule has 98 valence electrons. The molecule has 2 N–H and O–H groups in total. The highest BCUT2D eigenvalue weighted by molar-refractivity contribution is 5.76. The summed E-state index contributed by atoms with van der Waals surface area (Å²) in [5.41, 5.74) is 0. The molecule has 0 bridgehead atoms. The summed E-state index contributed by atoms with van der Waals surface area (Å²) < 4.78 is 0. The van der Waals surface area contributed by atoms with Crippen molar-refractivity contribution in [1.29, 1.82) is 0 Å². The predicted molar refractivity (Wildman–Crippen MR) is 66.6 cm³/mol. The van der Waals surface area contributed by atoms with E-state index in [2.05, 4.69) is 5.32 Å².